The number of unbranched alkanes of at least 4 members (excludes halogenated alkanes) is 18. The van der Waals surface area contributed by atoms with Gasteiger partial charge in [-0.05, 0) is 26.7 Å². The lowest BCUT2D eigenvalue weighted by atomic mass is 10.0. The Morgan fingerprint density at radius 3 is 1.04 bits per heavy atom. The molecule has 0 atom stereocenters. The van der Waals surface area contributed by atoms with Crippen molar-refractivity contribution in [3.05, 3.63) is 11.6 Å². The van der Waals surface area contributed by atoms with E-state index in [0.717, 1.165) is 0 Å². The van der Waals surface area contributed by atoms with Crippen molar-refractivity contribution >= 4 is 0 Å². The first-order valence-electron chi connectivity index (χ1n) is 11.4. The standard InChI is InChI=1S/C24H48/c1-4-5-6-7-8-9-10-11-12-13-14-15-16-17-18-19-20-21-22-23-24(2)3/h23H,4-22H2,1-3H3. The van der Waals surface area contributed by atoms with E-state index in [1.165, 1.54) is 128 Å². The molecule has 0 nitrogen and oxygen atoms in total. The van der Waals surface area contributed by atoms with Gasteiger partial charge in [0.15, 0.2) is 0 Å². The molecule has 0 unspecified atom stereocenters. The van der Waals surface area contributed by atoms with Gasteiger partial charge in [-0.25, -0.2) is 0 Å². The first-order valence-corrected chi connectivity index (χ1v) is 11.4. The highest BCUT2D eigenvalue weighted by atomic mass is 14.0. The molecular weight excluding hydrogens is 288 g/mol. The quantitative estimate of drug-likeness (QED) is 0.163. The molecule has 24 heavy (non-hydrogen) atoms. The van der Waals surface area contributed by atoms with Gasteiger partial charge in [0.25, 0.3) is 0 Å². The highest BCUT2D eigenvalue weighted by Gasteiger charge is 1.94. The van der Waals surface area contributed by atoms with E-state index in [2.05, 4.69) is 26.8 Å². The van der Waals surface area contributed by atoms with Crippen molar-refractivity contribution in [1.29, 1.82) is 0 Å². The third-order valence-corrected chi connectivity index (χ3v) is 5.11. The Kier molecular flexibility index (Phi) is 20.6. The van der Waals surface area contributed by atoms with Crippen molar-refractivity contribution in [1.82, 2.24) is 0 Å². The maximum Gasteiger partial charge on any atom is -0.0348 e. The van der Waals surface area contributed by atoms with E-state index in [0.29, 0.717) is 0 Å². The predicted octanol–water partition coefficient (Wildman–Crippen LogP) is 9.38. The van der Waals surface area contributed by atoms with Crippen molar-refractivity contribution in [3.63, 3.8) is 0 Å². The second-order valence-electron chi connectivity index (χ2n) is 8.08. The maximum atomic E-state index is 2.38. The van der Waals surface area contributed by atoms with E-state index in [1.54, 1.807) is 0 Å². The van der Waals surface area contributed by atoms with E-state index >= 15 is 0 Å². The average molecular weight is 337 g/mol. The summed E-state index contributed by atoms with van der Waals surface area (Å²) in [6.07, 6.45) is 30.0. The molecule has 0 fully saturated rings. The van der Waals surface area contributed by atoms with Crippen LogP contribution < -0.4 is 0 Å². The molecule has 0 aliphatic carbocycles. The SMILES string of the molecule is CCCCCCCCCCCCCCCCCCCCC=C(C)C. The number of allylic oxidation sites excluding steroid dienone is 2. The van der Waals surface area contributed by atoms with Crippen LogP contribution in [0.3, 0.4) is 0 Å². The molecule has 0 spiro atoms. The van der Waals surface area contributed by atoms with Gasteiger partial charge in [-0.2, -0.15) is 0 Å². The van der Waals surface area contributed by atoms with Gasteiger partial charge in [0, 0.05) is 0 Å². The lowest BCUT2D eigenvalue weighted by Gasteiger charge is -2.03. The summed E-state index contributed by atoms with van der Waals surface area (Å²) in [5.74, 6) is 0. The number of rotatable bonds is 19. The van der Waals surface area contributed by atoms with Gasteiger partial charge in [0.2, 0.25) is 0 Å². The Morgan fingerprint density at radius 1 is 0.458 bits per heavy atom. The molecule has 0 saturated heterocycles. The van der Waals surface area contributed by atoms with Gasteiger partial charge in [-0.3, -0.25) is 0 Å². The maximum absolute atomic E-state index is 2.38. The second-order valence-corrected chi connectivity index (χ2v) is 8.08. The molecule has 144 valence electrons. The highest BCUT2D eigenvalue weighted by Crippen LogP contribution is 2.14. The number of hydrogen-bond acceptors (Lipinski definition) is 0. The summed E-state index contributed by atoms with van der Waals surface area (Å²) in [6, 6.07) is 0. The lowest BCUT2D eigenvalue weighted by Crippen LogP contribution is -1.84. The van der Waals surface area contributed by atoms with Crippen LogP contribution in [0, 0.1) is 0 Å². The van der Waals surface area contributed by atoms with Gasteiger partial charge in [-0.15, -0.1) is 0 Å². The minimum absolute atomic E-state index is 1.29. The Morgan fingerprint density at radius 2 is 0.750 bits per heavy atom. The van der Waals surface area contributed by atoms with Crippen LogP contribution in [0.15, 0.2) is 11.6 Å². The van der Waals surface area contributed by atoms with Crippen LogP contribution in [0.1, 0.15) is 143 Å². The van der Waals surface area contributed by atoms with Crippen LogP contribution in [0.4, 0.5) is 0 Å². The molecule has 0 N–H and O–H groups in total. The van der Waals surface area contributed by atoms with Crippen molar-refractivity contribution < 1.29 is 0 Å². The van der Waals surface area contributed by atoms with E-state index in [1.807, 2.05) is 0 Å². The van der Waals surface area contributed by atoms with Crippen LogP contribution in [0.2, 0.25) is 0 Å². The van der Waals surface area contributed by atoms with Crippen LogP contribution in [0.5, 0.6) is 0 Å². The molecule has 0 aliphatic rings. The van der Waals surface area contributed by atoms with Crippen molar-refractivity contribution in [2.75, 3.05) is 0 Å². The highest BCUT2D eigenvalue weighted by molar-refractivity contribution is 4.92. The summed E-state index contributed by atoms with van der Waals surface area (Å²) in [6.45, 7) is 6.70. The van der Waals surface area contributed by atoms with Crippen LogP contribution in [-0.2, 0) is 0 Å². The number of hydrogen-bond donors (Lipinski definition) is 0. The van der Waals surface area contributed by atoms with Crippen LogP contribution in [0.25, 0.3) is 0 Å². The Bertz CT molecular complexity index is 247. The van der Waals surface area contributed by atoms with E-state index in [4.69, 9.17) is 0 Å². The molecule has 0 saturated carbocycles. The van der Waals surface area contributed by atoms with Crippen LogP contribution >= 0.6 is 0 Å². The summed E-state index contributed by atoms with van der Waals surface area (Å²) in [5.41, 5.74) is 1.47. The molecule has 0 radical (unpaired) electrons. The summed E-state index contributed by atoms with van der Waals surface area (Å²) in [7, 11) is 0. The molecule has 0 bridgehead atoms. The zero-order valence-electron chi connectivity index (χ0n) is 17.5. The second kappa shape index (κ2) is 20.8. The third kappa shape index (κ3) is 21.7. The Hall–Kier alpha value is -0.260. The molecule has 0 aromatic heterocycles. The largest absolute Gasteiger partial charge is 0.0859 e. The molecule has 0 aliphatic heterocycles. The van der Waals surface area contributed by atoms with E-state index in [9.17, 15) is 0 Å². The molecule has 0 rings (SSSR count). The van der Waals surface area contributed by atoms with Crippen LogP contribution in [-0.4, -0.2) is 0 Å². The van der Waals surface area contributed by atoms with Gasteiger partial charge in [-0.1, -0.05) is 128 Å². The fraction of sp³-hybridized carbons (Fsp3) is 0.917. The zero-order valence-corrected chi connectivity index (χ0v) is 17.5. The first-order chi connectivity index (χ1) is 11.8. The zero-order chi connectivity index (χ0) is 17.7. The molecule has 0 heterocycles. The Balaban J connectivity index is 2.99. The first kappa shape index (κ1) is 23.7. The average Bonchev–Trinajstić information content (AvgIpc) is 2.56. The van der Waals surface area contributed by atoms with Gasteiger partial charge in [0.1, 0.15) is 0 Å². The summed E-state index contributed by atoms with van der Waals surface area (Å²) < 4.78 is 0. The third-order valence-electron chi connectivity index (χ3n) is 5.11. The fourth-order valence-electron chi connectivity index (χ4n) is 3.44. The summed E-state index contributed by atoms with van der Waals surface area (Å²) in [5, 5.41) is 0. The van der Waals surface area contributed by atoms with Gasteiger partial charge < -0.3 is 0 Å². The van der Waals surface area contributed by atoms with E-state index < -0.39 is 0 Å². The minimum atomic E-state index is 1.29. The van der Waals surface area contributed by atoms with E-state index in [-0.39, 0.29) is 0 Å². The van der Waals surface area contributed by atoms with Crippen molar-refractivity contribution in [3.8, 4) is 0 Å². The van der Waals surface area contributed by atoms with Crippen molar-refractivity contribution in [2.24, 2.45) is 0 Å². The summed E-state index contributed by atoms with van der Waals surface area (Å²) in [4.78, 5) is 0. The van der Waals surface area contributed by atoms with Gasteiger partial charge >= 0.3 is 0 Å². The fourth-order valence-corrected chi connectivity index (χ4v) is 3.44. The predicted molar refractivity (Wildman–Crippen MR) is 113 cm³/mol. The normalized spacial score (nSPS) is 11.0. The molecule has 0 aromatic carbocycles. The molecule has 0 amide bonds. The molecular formula is C24H48. The van der Waals surface area contributed by atoms with Crippen molar-refractivity contribution in [2.45, 2.75) is 143 Å². The Labute approximate surface area is 154 Å². The topological polar surface area (TPSA) is 0 Å². The minimum Gasteiger partial charge on any atom is -0.0859 e. The smallest absolute Gasteiger partial charge is 0.0348 e. The molecule has 0 heteroatoms. The monoisotopic (exact) mass is 336 g/mol. The van der Waals surface area contributed by atoms with Gasteiger partial charge in [0.05, 0.1) is 0 Å². The molecule has 0 aromatic rings. The lowest BCUT2D eigenvalue weighted by molar-refractivity contribution is 0.525. The summed E-state index contributed by atoms with van der Waals surface area (Å²) >= 11 is 0.